The van der Waals surface area contributed by atoms with E-state index in [0.29, 0.717) is 62.7 Å². The molecule has 4 aromatic heterocycles. The number of pyridine rings is 1. The molecule has 5 heterocycles. The number of hydrogen-bond acceptors (Lipinski definition) is 10. The Bertz CT molecular complexity index is 1380. The Labute approximate surface area is 225 Å². The van der Waals surface area contributed by atoms with Gasteiger partial charge in [0.1, 0.15) is 12.0 Å². The number of H-pyrrole nitrogens is 1. The highest BCUT2D eigenvalue weighted by molar-refractivity contribution is 5.54. The molecule has 5 rings (SSSR count). The molecule has 0 radical (unpaired) electrons. The molecule has 0 amide bonds. The van der Waals surface area contributed by atoms with Gasteiger partial charge in [-0.1, -0.05) is 6.07 Å². The molecule has 3 N–H and O–H groups in total. The first kappa shape index (κ1) is 26.7. The maximum absolute atomic E-state index is 13.3. The number of aliphatic hydroxyl groups is 1. The zero-order valence-corrected chi connectivity index (χ0v) is 22.2. The third-order valence-corrected chi connectivity index (χ3v) is 6.66. The fourth-order valence-electron chi connectivity index (χ4n) is 4.57. The van der Waals surface area contributed by atoms with E-state index in [-0.39, 0.29) is 6.04 Å². The molecule has 206 valence electrons. The third kappa shape index (κ3) is 6.56. The number of rotatable bonds is 6. The first-order chi connectivity index (χ1) is 18.9. The lowest BCUT2D eigenvalue weighted by Gasteiger charge is -2.36. The average molecular weight is 537 g/mol. The molecular formula is C26H33FN10O2. The minimum Gasteiger partial charge on any atom is -0.378 e. The van der Waals surface area contributed by atoms with Gasteiger partial charge < -0.3 is 20.1 Å². The number of halogens is 1. The Morgan fingerprint density at radius 2 is 1.95 bits per heavy atom. The van der Waals surface area contributed by atoms with Gasteiger partial charge in [0.05, 0.1) is 25.6 Å². The largest absolute Gasteiger partial charge is 0.378 e. The topological polar surface area (TPSA) is 133 Å². The van der Waals surface area contributed by atoms with Crippen LogP contribution in [0.2, 0.25) is 0 Å². The van der Waals surface area contributed by atoms with E-state index in [0.717, 1.165) is 23.1 Å². The monoisotopic (exact) mass is 536 g/mol. The van der Waals surface area contributed by atoms with Crippen molar-refractivity contribution in [2.24, 2.45) is 0 Å². The van der Waals surface area contributed by atoms with E-state index in [1.54, 1.807) is 12.3 Å². The second kappa shape index (κ2) is 11.8. The normalized spacial score (nSPS) is 18.2. The van der Waals surface area contributed by atoms with Crippen molar-refractivity contribution in [3.8, 4) is 5.82 Å². The molecule has 1 aliphatic rings. The number of anilines is 3. The summed E-state index contributed by atoms with van der Waals surface area (Å²) in [4.78, 5) is 17.8. The number of ether oxygens (including phenoxy) is 1. The third-order valence-electron chi connectivity index (χ3n) is 6.66. The van der Waals surface area contributed by atoms with Gasteiger partial charge in [0.2, 0.25) is 5.95 Å². The number of aromatic amines is 1. The molecule has 39 heavy (non-hydrogen) atoms. The lowest BCUT2D eigenvalue weighted by Crippen LogP contribution is -2.44. The maximum Gasteiger partial charge on any atom is 0.227 e. The molecule has 0 bridgehead atoms. The van der Waals surface area contributed by atoms with Gasteiger partial charge >= 0.3 is 0 Å². The van der Waals surface area contributed by atoms with Gasteiger partial charge in [-0.15, -0.1) is 0 Å². The second-order valence-electron chi connectivity index (χ2n) is 9.59. The smallest absolute Gasteiger partial charge is 0.227 e. The maximum atomic E-state index is 13.3. The molecule has 1 fully saturated rings. The molecule has 4 aromatic rings. The zero-order valence-electron chi connectivity index (χ0n) is 22.2. The van der Waals surface area contributed by atoms with Crippen LogP contribution in [0.4, 0.5) is 22.0 Å². The number of nitrogens with one attached hydrogen (secondary N) is 2. The molecule has 1 aliphatic heterocycles. The van der Waals surface area contributed by atoms with Crippen LogP contribution >= 0.6 is 0 Å². The highest BCUT2D eigenvalue weighted by Gasteiger charge is 2.25. The Hall–Kier alpha value is -3.94. The molecule has 0 aromatic carbocycles. The summed E-state index contributed by atoms with van der Waals surface area (Å²) in [5.74, 6) is 1.99. The number of nitrogens with zero attached hydrogens (tertiary/aromatic N) is 8. The molecule has 0 saturated carbocycles. The van der Waals surface area contributed by atoms with Gasteiger partial charge in [-0.2, -0.15) is 15.2 Å². The van der Waals surface area contributed by atoms with Gasteiger partial charge in [-0.25, -0.2) is 19.0 Å². The van der Waals surface area contributed by atoms with Crippen molar-refractivity contribution in [1.82, 2.24) is 39.8 Å². The highest BCUT2D eigenvalue weighted by Crippen LogP contribution is 2.25. The quantitative estimate of drug-likeness (QED) is 0.338. The van der Waals surface area contributed by atoms with E-state index < -0.39 is 12.0 Å². The minimum absolute atomic E-state index is 0.129. The summed E-state index contributed by atoms with van der Waals surface area (Å²) in [7, 11) is 0. The molecule has 1 unspecified atom stereocenters. The van der Waals surface area contributed by atoms with Crippen molar-refractivity contribution >= 4 is 17.6 Å². The van der Waals surface area contributed by atoms with E-state index in [2.05, 4.69) is 30.6 Å². The number of hydrogen-bond donors (Lipinski definition) is 3. The summed E-state index contributed by atoms with van der Waals surface area (Å²) >= 11 is 0. The summed E-state index contributed by atoms with van der Waals surface area (Å²) in [5, 5.41) is 25.5. The number of aromatic nitrogens is 7. The summed E-state index contributed by atoms with van der Waals surface area (Å²) < 4.78 is 20.6. The van der Waals surface area contributed by atoms with Gasteiger partial charge in [0.15, 0.2) is 17.5 Å². The highest BCUT2D eigenvalue weighted by atomic mass is 19.1. The molecule has 0 aliphatic carbocycles. The predicted octanol–water partition coefficient (Wildman–Crippen LogP) is 2.89. The van der Waals surface area contributed by atoms with Crippen LogP contribution in [0, 0.1) is 19.7 Å². The molecular weight excluding hydrogens is 503 g/mol. The molecule has 0 spiro atoms. The number of aryl methyl sites for hydroxylation is 2. The van der Waals surface area contributed by atoms with E-state index in [9.17, 15) is 9.50 Å². The van der Waals surface area contributed by atoms with E-state index >= 15 is 0 Å². The van der Waals surface area contributed by atoms with Crippen LogP contribution in [0.1, 0.15) is 36.3 Å². The van der Waals surface area contributed by atoms with Gasteiger partial charge in [-0.05, 0) is 32.4 Å². The van der Waals surface area contributed by atoms with Crippen molar-refractivity contribution in [3.05, 3.63) is 65.6 Å². The SMILES string of the molecule is Cc1cc(Nc2cc(C)[nH]n2)nc(N2CCOCCN([C@H](C)c3ccc(-n4cc(F)cn4)nc3)C(O)CC2)n1. The first-order valence-corrected chi connectivity index (χ1v) is 12.9. The predicted molar refractivity (Wildman–Crippen MR) is 143 cm³/mol. The van der Waals surface area contributed by atoms with Crippen LogP contribution in [-0.2, 0) is 4.74 Å². The molecule has 13 heteroatoms. The second-order valence-corrected chi connectivity index (χ2v) is 9.59. The van der Waals surface area contributed by atoms with E-state index in [1.807, 2.05) is 48.8 Å². The van der Waals surface area contributed by atoms with Crippen molar-refractivity contribution < 1.29 is 14.2 Å². The summed E-state index contributed by atoms with van der Waals surface area (Å²) in [6, 6.07) is 7.35. The van der Waals surface area contributed by atoms with Crippen molar-refractivity contribution in [2.75, 3.05) is 43.1 Å². The van der Waals surface area contributed by atoms with Crippen molar-refractivity contribution in [3.63, 3.8) is 0 Å². The Morgan fingerprint density at radius 1 is 1.10 bits per heavy atom. The molecule has 2 atom stereocenters. The fourth-order valence-corrected chi connectivity index (χ4v) is 4.57. The van der Waals surface area contributed by atoms with Crippen LogP contribution in [0.3, 0.4) is 0 Å². The van der Waals surface area contributed by atoms with E-state index in [1.165, 1.54) is 10.9 Å². The first-order valence-electron chi connectivity index (χ1n) is 12.9. The number of aliphatic hydroxyl groups excluding tert-OH is 1. The Kier molecular flexibility index (Phi) is 8.10. The van der Waals surface area contributed by atoms with Gasteiger partial charge in [0.25, 0.3) is 0 Å². The molecule has 1 saturated heterocycles. The fraction of sp³-hybridized carbons (Fsp3) is 0.423. The lowest BCUT2D eigenvalue weighted by atomic mass is 10.1. The summed E-state index contributed by atoms with van der Waals surface area (Å²) in [6.45, 7) is 8.56. The average Bonchev–Trinajstić information content (AvgIpc) is 3.54. The standard InChI is InChI=1S/C26H33FN10O2/c1-17-12-22(31-23-13-18(2)33-34-23)32-26(30-17)35-7-6-25(38)36(9-11-39-10-8-35)19(3)20-4-5-24(28-14-20)37-16-21(27)15-29-37/h4-5,12-16,19,25,38H,6-11H2,1-3H3,(H2,30,31,32,33,34)/t19-,25?/m1/s1. The van der Waals surface area contributed by atoms with Crippen LogP contribution < -0.4 is 10.2 Å². The summed E-state index contributed by atoms with van der Waals surface area (Å²) in [5.41, 5.74) is 2.69. The van der Waals surface area contributed by atoms with Crippen LogP contribution in [0.15, 0.2) is 42.9 Å². The molecule has 12 nitrogen and oxygen atoms in total. The lowest BCUT2D eigenvalue weighted by molar-refractivity contribution is -0.0437. The van der Waals surface area contributed by atoms with Crippen molar-refractivity contribution in [2.45, 2.75) is 39.5 Å². The van der Waals surface area contributed by atoms with Crippen LogP contribution in [0.25, 0.3) is 5.82 Å². The van der Waals surface area contributed by atoms with Gasteiger partial charge in [-0.3, -0.25) is 10.00 Å². The minimum atomic E-state index is -0.724. The Morgan fingerprint density at radius 3 is 2.67 bits per heavy atom. The van der Waals surface area contributed by atoms with Crippen LogP contribution in [-0.4, -0.2) is 84.0 Å². The zero-order chi connectivity index (χ0) is 27.4. The van der Waals surface area contributed by atoms with Crippen LogP contribution in [0.5, 0.6) is 0 Å². The van der Waals surface area contributed by atoms with E-state index in [4.69, 9.17) is 9.72 Å². The Balaban J connectivity index is 1.28. The van der Waals surface area contributed by atoms with Gasteiger partial charge in [0, 0.05) is 61.8 Å². The van der Waals surface area contributed by atoms with Crippen molar-refractivity contribution in [1.29, 1.82) is 0 Å². The summed E-state index contributed by atoms with van der Waals surface area (Å²) in [6.07, 6.45) is 3.91.